The lowest BCUT2D eigenvalue weighted by atomic mass is 10.2. The van der Waals surface area contributed by atoms with Crippen LogP contribution in [0.5, 0.6) is 5.75 Å². The Bertz CT molecular complexity index is 659. The smallest absolute Gasteiger partial charge is 0.435 e. The molecule has 2 aromatic rings. The number of rotatable bonds is 5. The Morgan fingerprint density at radius 1 is 1.27 bits per heavy atom. The molecule has 1 N–H and O–H groups in total. The number of aromatic nitrogens is 2. The fourth-order valence-corrected chi connectivity index (χ4v) is 1.70. The van der Waals surface area contributed by atoms with E-state index in [1.54, 1.807) is 24.3 Å². The van der Waals surface area contributed by atoms with Crippen LogP contribution in [0.25, 0.3) is 0 Å². The predicted molar refractivity (Wildman–Crippen MR) is 69.9 cm³/mol. The number of aliphatic hydroxyl groups is 1. The summed E-state index contributed by atoms with van der Waals surface area (Å²) >= 11 is 0. The van der Waals surface area contributed by atoms with Crippen LogP contribution in [0, 0.1) is 11.3 Å². The summed E-state index contributed by atoms with van der Waals surface area (Å²) in [5, 5.41) is 21.7. The van der Waals surface area contributed by atoms with Crippen molar-refractivity contribution in [2.24, 2.45) is 0 Å². The lowest BCUT2D eigenvalue weighted by Gasteiger charge is -2.12. The minimum atomic E-state index is -4.50. The number of hydrogen-bond donors (Lipinski definition) is 1. The van der Waals surface area contributed by atoms with Crippen LogP contribution >= 0.6 is 0 Å². The number of alkyl halides is 3. The van der Waals surface area contributed by atoms with Gasteiger partial charge in [0, 0.05) is 6.20 Å². The third-order valence-corrected chi connectivity index (χ3v) is 2.75. The monoisotopic (exact) mass is 311 g/mol. The Balaban J connectivity index is 1.86. The fraction of sp³-hybridized carbons (Fsp3) is 0.286. The van der Waals surface area contributed by atoms with E-state index in [-0.39, 0.29) is 13.2 Å². The van der Waals surface area contributed by atoms with Gasteiger partial charge in [0.1, 0.15) is 18.5 Å². The van der Waals surface area contributed by atoms with E-state index in [0.29, 0.717) is 11.3 Å². The van der Waals surface area contributed by atoms with E-state index in [9.17, 15) is 18.3 Å². The second-order valence-electron chi connectivity index (χ2n) is 4.52. The maximum atomic E-state index is 12.4. The molecule has 0 amide bonds. The molecule has 0 spiro atoms. The van der Waals surface area contributed by atoms with Gasteiger partial charge < -0.3 is 9.84 Å². The first-order chi connectivity index (χ1) is 10.4. The molecule has 0 unspecified atom stereocenters. The standard InChI is InChI=1S/C14H12F3N3O2/c15-14(16,17)13-5-6-20(19-13)8-11(21)9-22-12-3-1-10(7-18)2-4-12/h1-6,11,21H,8-9H2/t11-/m0/s1. The molecule has 0 saturated heterocycles. The molecule has 1 aromatic heterocycles. The normalized spacial score (nSPS) is 12.7. The molecule has 1 heterocycles. The number of halogens is 3. The van der Waals surface area contributed by atoms with Crippen molar-refractivity contribution in [1.82, 2.24) is 9.78 Å². The van der Waals surface area contributed by atoms with Crippen LogP contribution in [0.15, 0.2) is 36.5 Å². The molecule has 2 rings (SSSR count). The number of nitriles is 1. The van der Waals surface area contributed by atoms with Crippen LogP contribution in [0.4, 0.5) is 13.2 Å². The molecule has 1 atom stereocenters. The molecule has 0 fully saturated rings. The largest absolute Gasteiger partial charge is 0.491 e. The number of ether oxygens (including phenoxy) is 1. The summed E-state index contributed by atoms with van der Waals surface area (Å²) in [7, 11) is 0. The molecule has 0 aliphatic rings. The molecule has 8 heteroatoms. The Hall–Kier alpha value is -2.53. The molecule has 0 aliphatic heterocycles. The van der Waals surface area contributed by atoms with Crippen LogP contribution in [0.3, 0.4) is 0 Å². The van der Waals surface area contributed by atoms with E-state index in [4.69, 9.17) is 10.00 Å². The minimum absolute atomic E-state index is 0.104. The summed E-state index contributed by atoms with van der Waals surface area (Å²) in [6.45, 7) is -0.223. The van der Waals surface area contributed by atoms with E-state index >= 15 is 0 Å². The van der Waals surface area contributed by atoms with Crippen molar-refractivity contribution in [3.05, 3.63) is 47.8 Å². The van der Waals surface area contributed by atoms with Crippen molar-refractivity contribution >= 4 is 0 Å². The Morgan fingerprint density at radius 3 is 2.50 bits per heavy atom. The summed E-state index contributed by atoms with van der Waals surface area (Å²) in [4.78, 5) is 0. The van der Waals surface area contributed by atoms with Crippen molar-refractivity contribution < 1.29 is 23.0 Å². The van der Waals surface area contributed by atoms with Gasteiger partial charge in [-0.1, -0.05) is 0 Å². The molecule has 116 valence electrons. The lowest BCUT2D eigenvalue weighted by Crippen LogP contribution is -2.24. The predicted octanol–water partition coefficient (Wildman–Crippen LogP) is 2.21. The third-order valence-electron chi connectivity index (χ3n) is 2.75. The minimum Gasteiger partial charge on any atom is -0.491 e. The Kier molecular flexibility index (Phi) is 4.68. The van der Waals surface area contributed by atoms with E-state index in [0.717, 1.165) is 16.9 Å². The second-order valence-corrected chi connectivity index (χ2v) is 4.52. The zero-order valence-electron chi connectivity index (χ0n) is 11.3. The van der Waals surface area contributed by atoms with Crippen molar-refractivity contribution in [3.63, 3.8) is 0 Å². The summed E-state index contributed by atoms with van der Waals surface area (Å²) in [6.07, 6.45) is -4.38. The highest BCUT2D eigenvalue weighted by Gasteiger charge is 2.33. The first kappa shape index (κ1) is 15.9. The van der Waals surface area contributed by atoms with E-state index < -0.39 is 18.0 Å². The zero-order chi connectivity index (χ0) is 16.2. The first-order valence-corrected chi connectivity index (χ1v) is 6.30. The SMILES string of the molecule is N#Cc1ccc(OC[C@@H](O)Cn2ccc(C(F)(F)F)n2)cc1. The molecule has 0 radical (unpaired) electrons. The average molecular weight is 311 g/mol. The zero-order valence-corrected chi connectivity index (χ0v) is 11.3. The summed E-state index contributed by atoms with van der Waals surface area (Å²) in [6, 6.07) is 9.06. The van der Waals surface area contributed by atoms with Gasteiger partial charge in [-0.3, -0.25) is 4.68 Å². The van der Waals surface area contributed by atoms with Gasteiger partial charge in [-0.25, -0.2) is 0 Å². The van der Waals surface area contributed by atoms with E-state index in [2.05, 4.69) is 5.10 Å². The van der Waals surface area contributed by atoms with Crippen LogP contribution in [0.2, 0.25) is 0 Å². The van der Waals surface area contributed by atoms with Crippen molar-refractivity contribution in [2.75, 3.05) is 6.61 Å². The molecule has 0 aliphatic carbocycles. The van der Waals surface area contributed by atoms with Crippen LogP contribution in [-0.4, -0.2) is 27.6 Å². The van der Waals surface area contributed by atoms with Gasteiger partial charge in [0.05, 0.1) is 18.2 Å². The van der Waals surface area contributed by atoms with Gasteiger partial charge in [-0.15, -0.1) is 0 Å². The number of benzene rings is 1. The van der Waals surface area contributed by atoms with Gasteiger partial charge >= 0.3 is 6.18 Å². The van der Waals surface area contributed by atoms with Crippen molar-refractivity contribution in [2.45, 2.75) is 18.8 Å². The van der Waals surface area contributed by atoms with Crippen LogP contribution in [-0.2, 0) is 12.7 Å². The lowest BCUT2D eigenvalue weighted by molar-refractivity contribution is -0.141. The number of aliphatic hydroxyl groups excluding tert-OH is 1. The molecule has 0 saturated carbocycles. The molecule has 5 nitrogen and oxygen atoms in total. The number of nitrogens with zero attached hydrogens (tertiary/aromatic N) is 3. The topological polar surface area (TPSA) is 71.1 Å². The number of hydrogen-bond acceptors (Lipinski definition) is 4. The van der Waals surface area contributed by atoms with E-state index in [1.807, 2.05) is 6.07 Å². The highest BCUT2D eigenvalue weighted by atomic mass is 19.4. The molecule has 0 bridgehead atoms. The van der Waals surface area contributed by atoms with Gasteiger partial charge in [0.2, 0.25) is 0 Å². The summed E-state index contributed by atoms with van der Waals surface area (Å²) in [5.74, 6) is 0.453. The molecule has 1 aromatic carbocycles. The van der Waals surface area contributed by atoms with Crippen molar-refractivity contribution in [3.8, 4) is 11.8 Å². The second kappa shape index (κ2) is 6.49. The van der Waals surface area contributed by atoms with Crippen LogP contribution < -0.4 is 4.74 Å². The van der Waals surface area contributed by atoms with Gasteiger partial charge in [0.15, 0.2) is 5.69 Å². The molecule has 22 heavy (non-hydrogen) atoms. The van der Waals surface area contributed by atoms with Crippen molar-refractivity contribution in [1.29, 1.82) is 5.26 Å². The highest BCUT2D eigenvalue weighted by Crippen LogP contribution is 2.27. The van der Waals surface area contributed by atoms with Gasteiger partial charge in [-0.05, 0) is 30.3 Å². The molecular weight excluding hydrogens is 299 g/mol. The summed E-state index contributed by atoms with van der Waals surface area (Å²) < 4.78 is 43.5. The third kappa shape index (κ3) is 4.23. The van der Waals surface area contributed by atoms with Crippen LogP contribution in [0.1, 0.15) is 11.3 Å². The average Bonchev–Trinajstić information content (AvgIpc) is 2.94. The Labute approximate surface area is 124 Å². The maximum absolute atomic E-state index is 12.4. The highest BCUT2D eigenvalue weighted by molar-refractivity contribution is 5.34. The van der Waals surface area contributed by atoms with E-state index in [1.165, 1.54) is 0 Å². The first-order valence-electron chi connectivity index (χ1n) is 6.30. The summed E-state index contributed by atoms with van der Waals surface area (Å²) in [5.41, 5.74) is -0.531. The quantitative estimate of drug-likeness (QED) is 0.919. The molecular formula is C14H12F3N3O2. The maximum Gasteiger partial charge on any atom is 0.435 e. The fourth-order valence-electron chi connectivity index (χ4n) is 1.70. The van der Waals surface area contributed by atoms with Gasteiger partial charge in [0.25, 0.3) is 0 Å². The Morgan fingerprint density at radius 2 is 1.95 bits per heavy atom. The van der Waals surface area contributed by atoms with Gasteiger partial charge in [-0.2, -0.15) is 23.5 Å².